The maximum Gasteiger partial charge on any atom is 0.225 e. The van der Waals surface area contributed by atoms with Gasteiger partial charge in [0.2, 0.25) is 12.0 Å². The van der Waals surface area contributed by atoms with Gasteiger partial charge in [0.25, 0.3) is 0 Å². The van der Waals surface area contributed by atoms with E-state index < -0.39 is 0 Å². The fourth-order valence-corrected chi connectivity index (χ4v) is 4.65. The predicted octanol–water partition coefficient (Wildman–Crippen LogP) is 5.95. The molecule has 32 heavy (non-hydrogen) atoms. The Labute approximate surface area is 187 Å². The van der Waals surface area contributed by atoms with Gasteiger partial charge < -0.3 is 4.74 Å². The maximum absolute atomic E-state index is 6.23. The van der Waals surface area contributed by atoms with Crippen LogP contribution in [0.3, 0.4) is 0 Å². The Balaban J connectivity index is 1.28. The Bertz CT molecular complexity index is 1290. The minimum absolute atomic E-state index is 0.454. The second kappa shape index (κ2) is 7.77. The summed E-state index contributed by atoms with van der Waals surface area (Å²) in [7, 11) is 0. The van der Waals surface area contributed by atoms with E-state index in [9.17, 15) is 0 Å². The van der Waals surface area contributed by atoms with Crippen molar-refractivity contribution >= 4 is 29.0 Å². The lowest BCUT2D eigenvalue weighted by molar-refractivity contribution is -0.746. The molecule has 5 heteroatoms. The van der Waals surface area contributed by atoms with Crippen LogP contribution < -0.4 is 9.75 Å². The number of nitrogens with zero attached hydrogens (tertiary/aromatic N) is 4. The molecule has 3 aromatic rings. The van der Waals surface area contributed by atoms with Crippen molar-refractivity contribution in [1.82, 2.24) is 0 Å². The SMILES string of the molecule is C1=C[N+]2(N(c3cccc(OCc4ccc5ccccc5c4)c3)C3CCC3)C=NC=C2C=N1. The molecule has 6 rings (SSSR count). The second-order valence-electron chi connectivity index (χ2n) is 8.53. The van der Waals surface area contributed by atoms with Gasteiger partial charge in [0.05, 0.1) is 30.3 Å². The molecule has 1 unspecified atom stereocenters. The Kier molecular flexibility index (Phi) is 4.62. The van der Waals surface area contributed by atoms with E-state index in [0.29, 0.717) is 17.2 Å². The molecule has 1 aliphatic carbocycles. The minimum Gasteiger partial charge on any atom is -0.489 e. The zero-order chi connectivity index (χ0) is 21.4. The van der Waals surface area contributed by atoms with Crippen molar-refractivity contribution in [2.45, 2.75) is 31.9 Å². The number of ether oxygens (including phenoxy) is 1. The van der Waals surface area contributed by atoms with E-state index in [1.165, 1.54) is 35.6 Å². The van der Waals surface area contributed by atoms with E-state index in [1.54, 1.807) is 0 Å². The van der Waals surface area contributed by atoms with Crippen molar-refractivity contribution in [3.8, 4) is 5.75 Å². The molecule has 0 saturated heterocycles. The first-order chi connectivity index (χ1) is 15.8. The van der Waals surface area contributed by atoms with E-state index >= 15 is 0 Å². The third kappa shape index (κ3) is 3.22. The van der Waals surface area contributed by atoms with Crippen LogP contribution in [0.5, 0.6) is 5.75 Å². The van der Waals surface area contributed by atoms with Gasteiger partial charge in [-0.25, -0.2) is 10.0 Å². The fraction of sp³-hybridized carbons (Fsp3) is 0.185. The minimum atomic E-state index is 0.454. The number of aliphatic imine (C=N–C) groups is 2. The number of anilines is 1. The Morgan fingerprint density at radius 2 is 1.84 bits per heavy atom. The molecular formula is C27H25N4O+. The van der Waals surface area contributed by atoms with Gasteiger partial charge in [-0.3, -0.25) is 4.99 Å². The Morgan fingerprint density at radius 3 is 2.72 bits per heavy atom. The maximum atomic E-state index is 6.23. The first-order valence-electron chi connectivity index (χ1n) is 11.2. The molecular weight excluding hydrogens is 396 g/mol. The molecule has 2 heterocycles. The van der Waals surface area contributed by atoms with Crippen LogP contribution in [0.25, 0.3) is 10.8 Å². The molecule has 3 aliphatic rings. The summed E-state index contributed by atoms with van der Waals surface area (Å²) in [4.78, 5) is 8.81. The van der Waals surface area contributed by atoms with E-state index in [1.807, 2.05) is 31.0 Å². The highest BCUT2D eigenvalue weighted by Crippen LogP contribution is 2.40. The molecule has 158 valence electrons. The van der Waals surface area contributed by atoms with E-state index in [-0.39, 0.29) is 0 Å². The molecule has 0 aromatic heterocycles. The number of rotatable bonds is 6. The summed E-state index contributed by atoms with van der Waals surface area (Å²) in [5.41, 5.74) is 3.35. The number of hydrogen-bond donors (Lipinski definition) is 0. The summed E-state index contributed by atoms with van der Waals surface area (Å²) in [6, 6.07) is 23.8. The van der Waals surface area contributed by atoms with Crippen LogP contribution in [0.4, 0.5) is 5.69 Å². The monoisotopic (exact) mass is 421 g/mol. The van der Waals surface area contributed by atoms with E-state index in [2.05, 4.69) is 81.9 Å². The van der Waals surface area contributed by atoms with Crippen molar-refractivity contribution in [1.29, 1.82) is 0 Å². The van der Waals surface area contributed by atoms with Crippen molar-refractivity contribution in [2.75, 3.05) is 5.01 Å². The molecule has 0 radical (unpaired) electrons. The first kappa shape index (κ1) is 19.0. The van der Waals surface area contributed by atoms with Crippen LogP contribution in [0.1, 0.15) is 24.8 Å². The van der Waals surface area contributed by atoms with Crippen molar-refractivity contribution in [3.63, 3.8) is 0 Å². The Morgan fingerprint density at radius 1 is 0.938 bits per heavy atom. The lowest BCUT2D eigenvalue weighted by atomic mass is 9.91. The lowest BCUT2D eigenvalue weighted by Crippen LogP contribution is -2.61. The highest BCUT2D eigenvalue weighted by Gasteiger charge is 2.46. The molecule has 2 aliphatic heterocycles. The molecule has 5 nitrogen and oxygen atoms in total. The molecule has 1 atom stereocenters. The summed E-state index contributed by atoms with van der Waals surface area (Å²) in [6.07, 6.45) is 13.4. The topological polar surface area (TPSA) is 37.2 Å². The third-order valence-corrected chi connectivity index (χ3v) is 6.53. The summed E-state index contributed by atoms with van der Waals surface area (Å²) in [5.74, 6) is 0.870. The Hall–Kier alpha value is -3.70. The van der Waals surface area contributed by atoms with Gasteiger partial charge >= 0.3 is 0 Å². The summed E-state index contributed by atoms with van der Waals surface area (Å²) >= 11 is 0. The predicted molar refractivity (Wildman–Crippen MR) is 129 cm³/mol. The lowest BCUT2D eigenvalue weighted by Gasteiger charge is -2.46. The van der Waals surface area contributed by atoms with Crippen LogP contribution in [-0.2, 0) is 6.61 Å². The van der Waals surface area contributed by atoms with Gasteiger partial charge in [-0.15, -0.1) is 4.59 Å². The molecule has 0 N–H and O–H groups in total. The van der Waals surface area contributed by atoms with Gasteiger partial charge in [0, 0.05) is 6.07 Å². The molecule has 0 spiro atoms. The standard InChI is InChI=1S/C27H25N4O/c1-2-6-23-15-21(11-12-22(23)5-1)19-32-27-10-4-9-25(16-27)30(24-7-3-8-24)31-14-13-28-17-26(31)18-29-20-31/h1-2,4-6,9-18,20,24H,3,7-8,19H2/q+1. The van der Waals surface area contributed by atoms with Crippen LogP contribution in [0, 0.1) is 0 Å². The smallest absolute Gasteiger partial charge is 0.225 e. The number of fused-ring (bicyclic) bond motifs is 2. The van der Waals surface area contributed by atoms with Gasteiger partial charge in [0.15, 0.2) is 6.20 Å². The van der Waals surface area contributed by atoms with Gasteiger partial charge in [0.1, 0.15) is 12.4 Å². The van der Waals surface area contributed by atoms with E-state index in [4.69, 9.17) is 4.74 Å². The quantitative estimate of drug-likeness (QED) is 0.461. The van der Waals surface area contributed by atoms with Crippen LogP contribution >= 0.6 is 0 Å². The van der Waals surface area contributed by atoms with Crippen LogP contribution in [0.15, 0.2) is 101 Å². The number of quaternary nitrogens is 1. The van der Waals surface area contributed by atoms with Crippen molar-refractivity contribution < 1.29 is 9.33 Å². The third-order valence-electron chi connectivity index (χ3n) is 6.53. The highest BCUT2D eigenvalue weighted by molar-refractivity contribution is 5.83. The average Bonchev–Trinajstić information content (AvgIpc) is 3.25. The summed E-state index contributed by atoms with van der Waals surface area (Å²) < 4.78 is 6.69. The largest absolute Gasteiger partial charge is 0.489 e. The molecule has 0 amide bonds. The normalized spacial score (nSPS) is 21.3. The van der Waals surface area contributed by atoms with E-state index in [0.717, 1.165) is 17.1 Å². The molecule has 1 fully saturated rings. The number of allylic oxidation sites excluding steroid dienone is 1. The van der Waals surface area contributed by atoms with Gasteiger partial charge in [-0.2, -0.15) is 0 Å². The number of hydrogen-bond acceptors (Lipinski definition) is 4. The molecule has 3 aromatic carbocycles. The number of benzene rings is 3. The average molecular weight is 422 g/mol. The van der Waals surface area contributed by atoms with Gasteiger partial charge in [-0.1, -0.05) is 42.5 Å². The first-order valence-corrected chi connectivity index (χ1v) is 11.2. The van der Waals surface area contributed by atoms with Crippen molar-refractivity contribution in [3.05, 3.63) is 96.6 Å². The zero-order valence-electron chi connectivity index (χ0n) is 17.8. The summed E-state index contributed by atoms with van der Waals surface area (Å²) in [5, 5.41) is 4.93. The molecule has 1 saturated carbocycles. The highest BCUT2D eigenvalue weighted by atomic mass is 16.5. The van der Waals surface area contributed by atoms with Crippen molar-refractivity contribution in [2.24, 2.45) is 9.98 Å². The second-order valence-corrected chi connectivity index (χ2v) is 8.53. The summed E-state index contributed by atoms with van der Waals surface area (Å²) in [6.45, 7) is 0.539. The van der Waals surface area contributed by atoms with Crippen LogP contribution in [0.2, 0.25) is 0 Å². The van der Waals surface area contributed by atoms with Crippen LogP contribution in [-0.4, -0.2) is 23.2 Å². The molecule has 0 bridgehead atoms. The zero-order valence-corrected chi connectivity index (χ0v) is 17.8. The fourth-order valence-electron chi connectivity index (χ4n) is 4.65. The van der Waals surface area contributed by atoms with Gasteiger partial charge in [-0.05, 0) is 53.8 Å².